The molecule has 0 spiro atoms. The van der Waals surface area contributed by atoms with Gasteiger partial charge in [0.15, 0.2) is 0 Å². The SMILES string of the molecule is Nc1cccc(F)c1S(=O)(=O)Nc1cccc(Cl)c1Cl. The summed E-state index contributed by atoms with van der Waals surface area (Å²) in [5, 5.41) is 0.195. The van der Waals surface area contributed by atoms with Gasteiger partial charge in [-0.15, -0.1) is 0 Å². The summed E-state index contributed by atoms with van der Waals surface area (Å²) in [5.41, 5.74) is 5.36. The number of hydrogen-bond acceptors (Lipinski definition) is 3. The molecular formula is C12H9Cl2FN2O2S. The molecule has 0 bridgehead atoms. The summed E-state index contributed by atoms with van der Waals surface area (Å²) in [6, 6.07) is 8.02. The summed E-state index contributed by atoms with van der Waals surface area (Å²) < 4.78 is 40.2. The number of sulfonamides is 1. The van der Waals surface area contributed by atoms with E-state index >= 15 is 0 Å². The van der Waals surface area contributed by atoms with Crippen LogP contribution in [0.25, 0.3) is 0 Å². The third-order valence-corrected chi connectivity index (χ3v) is 4.74. The van der Waals surface area contributed by atoms with E-state index in [9.17, 15) is 12.8 Å². The first-order valence-corrected chi connectivity index (χ1v) is 7.57. The van der Waals surface area contributed by atoms with Gasteiger partial charge in [-0.25, -0.2) is 12.8 Å². The van der Waals surface area contributed by atoms with Gasteiger partial charge in [0.2, 0.25) is 0 Å². The zero-order valence-corrected chi connectivity index (χ0v) is 12.2. The van der Waals surface area contributed by atoms with Crippen LogP contribution < -0.4 is 10.5 Å². The van der Waals surface area contributed by atoms with Gasteiger partial charge >= 0.3 is 0 Å². The van der Waals surface area contributed by atoms with Crippen LogP contribution >= 0.6 is 23.2 Å². The first-order valence-electron chi connectivity index (χ1n) is 5.34. The molecule has 2 rings (SSSR count). The molecule has 2 aromatic rings. The van der Waals surface area contributed by atoms with Crippen LogP contribution in [0.15, 0.2) is 41.3 Å². The molecule has 0 atom stereocenters. The van der Waals surface area contributed by atoms with Crippen molar-refractivity contribution < 1.29 is 12.8 Å². The van der Waals surface area contributed by atoms with Crippen LogP contribution in [0.1, 0.15) is 0 Å². The maximum absolute atomic E-state index is 13.7. The summed E-state index contributed by atoms with van der Waals surface area (Å²) >= 11 is 11.7. The fraction of sp³-hybridized carbons (Fsp3) is 0. The lowest BCUT2D eigenvalue weighted by Crippen LogP contribution is -2.16. The fourth-order valence-electron chi connectivity index (χ4n) is 1.59. The Balaban J connectivity index is 2.50. The highest BCUT2D eigenvalue weighted by Crippen LogP contribution is 2.32. The van der Waals surface area contributed by atoms with Gasteiger partial charge in [0, 0.05) is 0 Å². The molecule has 0 fully saturated rings. The first kappa shape index (κ1) is 14.9. The first-order chi connectivity index (χ1) is 9.33. The monoisotopic (exact) mass is 334 g/mol. The molecule has 0 saturated heterocycles. The molecule has 8 heteroatoms. The van der Waals surface area contributed by atoms with E-state index in [1.165, 1.54) is 30.3 Å². The minimum atomic E-state index is -4.21. The van der Waals surface area contributed by atoms with Crippen LogP contribution in [0.4, 0.5) is 15.8 Å². The van der Waals surface area contributed by atoms with Crippen LogP contribution in [0.3, 0.4) is 0 Å². The number of nitrogens with one attached hydrogen (secondary N) is 1. The molecule has 0 aliphatic carbocycles. The van der Waals surface area contributed by atoms with E-state index in [2.05, 4.69) is 4.72 Å². The molecule has 3 N–H and O–H groups in total. The number of nitrogens with two attached hydrogens (primary N) is 1. The van der Waals surface area contributed by atoms with Gasteiger partial charge in [-0.3, -0.25) is 4.72 Å². The molecule has 0 radical (unpaired) electrons. The highest BCUT2D eigenvalue weighted by Gasteiger charge is 2.23. The van der Waals surface area contributed by atoms with E-state index in [1.807, 2.05) is 0 Å². The fourth-order valence-corrected chi connectivity index (χ4v) is 3.26. The topological polar surface area (TPSA) is 72.2 Å². The van der Waals surface area contributed by atoms with E-state index in [4.69, 9.17) is 28.9 Å². The molecule has 0 amide bonds. The lowest BCUT2D eigenvalue weighted by molar-refractivity contribution is 0.572. The summed E-state index contributed by atoms with van der Waals surface area (Å²) in [4.78, 5) is -0.629. The van der Waals surface area contributed by atoms with Gasteiger partial charge in [-0.05, 0) is 24.3 Å². The standard InChI is InChI=1S/C12H9Cl2FN2O2S/c13-7-3-1-6-10(11(7)14)17-20(18,19)12-8(15)4-2-5-9(12)16/h1-6,17H,16H2. The van der Waals surface area contributed by atoms with Crippen molar-refractivity contribution >= 4 is 44.6 Å². The molecular weight excluding hydrogens is 326 g/mol. The summed E-state index contributed by atoms with van der Waals surface area (Å²) in [6.07, 6.45) is 0. The second-order valence-electron chi connectivity index (χ2n) is 3.87. The summed E-state index contributed by atoms with van der Waals surface area (Å²) in [6.45, 7) is 0. The Morgan fingerprint density at radius 1 is 1.10 bits per heavy atom. The van der Waals surface area contributed by atoms with Crippen LogP contribution in [0, 0.1) is 5.82 Å². The van der Waals surface area contributed by atoms with Crippen molar-refractivity contribution in [1.29, 1.82) is 0 Å². The Bertz CT molecular complexity index is 746. The molecule has 0 aliphatic rings. The largest absolute Gasteiger partial charge is 0.398 e. The maximum Gasteiger partial charge on any atom is 0.266 e. The predicted molar refractivity (Wildman–Crippen MR) is 78.1 cm³/mol. The number of rotatable bonds is 3. The zero-order valence-electron chi connectivity index (χ0n) is 9.90. The van der Waals surface area contributed by atoms with E-state index in [0.29, 0.717) is 0 Å². The van der Waals surface area contributed by atoms with Gasteiger partial charge in [-0.2, -0.15) is 0 Å². The van der Waals surface area contributed by atoms with E-state index in [1.54, 1.807) is 0 Å². The third-order valence-electron chi connectivity index (χ3n) is 2.46. The van der Waals surface area contributed by atoms with Crippen molar-refractivity contribution in [3.05, 3.63) is 52.3 Å². The Labute approximate surface area is 125 Å². The molecule has 0 saturated carbocycles. The molecule has 0 aromatic heterocycles. The van der Waals surface area contributed by atoms with Crippen molar-refractivity contribution in [3.63, 3.8) is 0 Å². The van der Waals surface area contributed by atoms with Crippen molar-refractivity contribution in [2.24, 2.45) is 0 Å². The van der Waals surface area contributed by atoms with Crippen molar-refractivity contribution in [1.82, 2.24) is 0 Å². The number of benzene rings is 2. The van der Waals surface area contributed by atoms with Crippen LogP contribution in [0.5, 0.6) is 0 Å². The smallest absolute Gasteiger partial charge is 0.266 e. The number of hydrogen-bond donors (Lipinski definition) is 2. The molecule has 2 aromatic carbocycles. The molecule has 0 heterocycles. The molecule has 106 valence electrons. The van der Waals surface area contributed by atoms with Gasteiger partial charge in [0.05, 0.1) is 21.4 Å². The Kier molecular flexibility index (Phi) is 4.08. The van der Waals surface area contributed by atoms with Gasteiger partial charge in [0.1, 0.15) is 10.7 Å². The normalized spacial score (nSPS) is 11.3. The Morgan fingerprint density at radius 2 is 1.75 bits per heavy atom. The van der Waals surface area contributed by atoms with Crippen molar-refractivity contribution in [3.8, 4) is 0 Å². The van der Waals surface area contributed by atoms with Crippen LogP contribution in [0.2, 0.25) is 10.0 Å². The minimum Gasteiger partial charge on any atom is -0.398 e. The number of anilines is 2. The average Bonchev–Trinajstić information content (AvgIpc) is 2.34. The van der Waals surface area contributed by atoms with E-state index in [0.717, 1.165) is 6.07 Å². The van der Waals surface area contributed by atoms with Gasteiger partial charge in [0.25, 0.3) is 10.0 Å². The number of nitrogen functional groups attached to an aromatic ring is 1. The average molecular weight is 335 g/mol. The van der Waals surface area contributed by atoms with Crippen LogP contribution in [-0.2, 0) is 10.0 Å². The predicted octanol–water partition coefficient (Wildman–Crippen LogP) is 3.52. The van der Waals surface area contributed by atoms with Gasteiger partial charge in [-0.1, -0.05) is 35.3 Å². The highest BCUT2D eigenvalue weighted by molar-refractivity contribution is 7.93. The molecule has 0 unspecified atom stereocenters. The Hall–Kier alpha value is -1.50. The Morgan fingerprint density at radius 3 is 2.40 bits per heavy atom. The lowest BCUT2D eigenvalue weighted by atomic mass is 10.3. The molecule has 4 nitrogen and oxygen atoms in total. The minimum absolute atomic E-state index is 0.0210. The molecule has 0 aliphatic heterocycles. The van der Waals surface area contributed by atoms with Crippen molar-refractivity contribution in [2.75, 3.05) is 10.5 Å². The zero-order chi connectivity index (χ0) is 14.9. The second kappa shape index (κ2) is 5.47. The van der Waals surface area contributed by atoms with E-state index in [-0.39, 0.29) is 21.4 Å². The maximum atomic E-state index is 13.7. The third kappa shape index (κ3) is 2.82. The highest BCUT2D eigenvalue weighted by atomic mass is 35.5. The summed E-state index contributed by atoms with van der Waals surface area (Å²) in [7, 11) is -4.21. The summed E-state index contributed by atoms with van der Waals surface area (Å²) in [5.74, 6) is -0.948. The van der Waals surface area contributed by atoms with Gasteiger partial charge < -0.3 is 5.73 Å². The second-order valence-corrected chi connectivity index (χ2v) is 6.27. The van der Waals surface area contributed by atoms with Crippen molar-refractivity contribution in [2.45, 2.75) is 4.90 Å². The molecule has 20 heavy (non-hydrogen) atoms. The van der Waals surface area contributed by atoms with Crippen LogP contribution in [-0.4, -0.2) is 8.42 Å². The van der Waals surface area contributed by atoms with E-state index < -0.39 is 20.7 Å². The number of halogens is 3. The quantitative estimate of drug-likeness (QED) is 0.843. The lowest BCUT2D eigenvalue weighted by Gasteiger charge is -2.12.